The average Bonchev–Trinajstić information content (AvgIpc) is 2.72. The number of benzene rings is 1. The monoisotopic (exact) mass is 277 g/mol. The average molecular weight is 277 g/mol. The van der Waals surface area contributed by atoms with Crippen LogP contribution in [-0.4, -0.2) is 26.4 Å². The fraction of sp³-hybridized carbons (Fsp3) is 0.647. The first-order chi connectivity index (χ1) is 9.50. The van der Waals surface area contributed by atoms with E-state index in [1.165, 1.54) is 24.8 Å². The van der Waals surface area contributed by atoms with Crippen molar-refractivity contribution in [2.45, 2.75) is 46.1 Å². The fourth-order valence-corrected chi connectivity index (χ4v) is 2.88. The summed E-state index contributed by atoms with van der Waals surface area (Å²) in [4.78, 5) is 0. The molecule has 1 aromatic rings. The van der Waals surface area contributed by atoms with Crippen molar-refractivity contribution in [1.29, 1.82) is 0 Å². The van der Waals surface area contributed by atoms with E-state index in [4.69, 9.17) is 9.47 Å². The van der Waals surface area contributed by atoms with Crippen LogP contribution in [0.4, 0.5) is 5.69 Å². The molecule has 1 N–H and O–H groups in total. The van der Waals surface area contributed by atoms with E-state index in [2.05, 4.69) is 44.3 Å². The molecule has 2 rings (SSSR count). The van der Waals surface area contributed by atoms with Gasteiger partial charge in [0.1, 0.15) is 12.4 Å². The van der Waals surface area contributed by atoms with Crippen LogP contribution >= 0.6 is 0 Å². The molecule has 3 heteroatoms. The molecule has 0 saturated heterocycles. The maximum atomic E-state index is 5.83. The van der Waals surface area contributed by atoms with Gasteiger partial charge in [-0.3, -0.25) is 0 Å². The molecular formula is C17H27NO2. The molecular weight excluding hydrogens is 250 g/mol. The zero-order chi connectivity index (χ0) is 14.6. The van der Waals surface area contributed by atoms with E-state index in [0.717, 1.165) is 11.4 Å². The van der Waals surface area contributed by atoms with E-state index >= 15 is 0 Å². The van der Waals surface area contributed by atoms with Gasteiger partial charge in [0.15, 0.2) is 0 Å². The Labute approximate surface area is 122 Å². The second-order valence-corrected chi connectivity index (χ2v) is 6.59. The highest BCUT2D eigenvalue weighted by Gasteiger charge is 2.31. The first-order valence-corrected chi connectivity index (χ1v) is 7.49. The number of methoxy groups -OCH3 is 1. The molecule has 1 aliphatic rings. The summed E-state index contributed by atoms with van der Waals surface area (Å²) in [6.07, 6.45) is 3.74. The summed E-state index contributed by atoms with van der Waals surface area (Å²) in [6.45, 7) is 7.99. The Bertz CT molecular complexity index is 443. The van der Waals surface area contributed by atoms with E-state index in [1.54, 1.807) is 7.11 Å². The minimum atomic E-state index is 0.458. The minimum Gasteiger partial charge on any atom is -0.489 e. The Morgan fingerprint density at radius 1 is 1.30 bits per heavy atom. The van der Waals surface area contributed by atoms with Crippen molar-refractivity contribution >= 4 is 5.69 Å². The van der Waals surface area contributed by atoms with Crippen molar-refractivity contribution in [2.75, 3.05) is 25.6 Å². The number of hydrogen-bond acceptors (Lipinski definition) is 3. The lowest BCUT2D eigenvalue weighted by Gasteiger charge is -2.20. The predicted octanol–water partition coefficient (Wildman–Crippen LogP) is 4.01. The van der Waals surface area contributed by atoms with Crippen molar-refractivity contribution in [1.82, 2.24) is 0 Å². The molecule has 0 bridgehead atoms. The highest BCUT2D eigenvalue weighted by Crippen LogP contribution is 2.39. The third-order valence-corrected chi connectivity index (χ3v) is 4.01. The highest BCUT2D eigenvalue weighted by molar-refractivity contribution is 5.58. The molecule has 1 aliphatic carbocycles. The van der Waals surface area contributed by atoms with Crippen molar-refractivity contribution in [3.8, 4) is 5.75 Å². The van der Waals surface area contributed by atoms with Crippen molar-refractivity contribution in [3.05, 3.63) is 23.8 Å². The Morgan fingerprint density at radius 2 is 2.10 bits per heavy atom. The van der Waals surface area contributed by atoms with Crippen LogP contribution in [0.2, 0.25) is 0 Å². The molecule has 1 unspecified atom stereocenters. The molecule has 1 atom stereocenters. The number of anilines is 1. The summed E-state index contributed by atoms with van der Waals surface area (Å²) in [5.74, 6) is 0.937. The van der Waals surface area contributed by atoms with Gasteiger partial charge in [-0.25, -0.2) is 0 Å². The van der Waals surface area contributed by atoms with Gasteiger partial charge in [-0.05, 0) is 49.3 Å². The second kappa shape index (κ2) is 6.49. The van der Waals surface area contributed by atoms with Crippen LogP contribution in [0, 0.1) is 12.3 Å². The van der Waals surface area contributed by atoms with Gasteiger partial charge in [-0.1, -0.05) is 19.9 Å². The van der Waals surface area contributed by atoms with Crippen LogP contribution in [0.25, 0.3) is 0 Å². The molecule has 0 aliphatic heterocycles. The van der Waals surface area contributed by atoms with Crippen LogP contribution in [-0.2, 0) is 4.74 Å². The van der Waals surface area contributed by atoms with E-state index in [9.17, 15) is 0 Å². The standard InChI is InChI=1S/C17H27NO2/c1-13-5-6-15(16(11-13)20-10-9-19-4)18-14-7-8-17(2,3)12-14/h5-6,11,14,18H,7-10,12H2,1-4H3. The van der Waals surface area contributed by atoms with E-state index < -0.39 is 0 Å². The topological polar surface area (TPSA) is 30.5 Å². The van der Waals surface area contributed by atoms with Crippen LogP contribution < -0.4 is 10.1 Å². The molecule has 3 nitrogen and oxygen atoms in total. The molecule has 1 aromatic carbocycles. The van der Waals surface area contributed by atoms with E-state index in [1.807, 2.05) is 0 Å². The Kier molecular flexibility index (Phi) is 4.92. The number of nitrogens with one attached hydrogen (secondary N) is 1. The smallest absolute Gasteiger partial charge is 0.142 e. The lowest BCUT2D eigenvalue weighted by atomic mass is 9.92. The summed E-state index contributed by atoms with van der Waals surface area (Å²) in [6, 6.07) is 6.91. The first kappa shape index (κ1) is 15.2. The van der Waals surface area contributed by atoms with Crippen LogP contribution in [0.3, 0.4) is 0 Å². The van der Waals surface area contributed by atoms with E-state index in [-0.39, 0.29) is 0 Å². The predicted molar refractivity (Wildman–Crippen MR) is 83.6 cm³/mol. The molecule has 0 spiro atoms. The normalized spacial score (nSPS) is 20.9. The Balaban J connectivity index is 2.03. The largest absolute Gasteiger partial charge is 0.489 e. The van der Waals surface area contributed by atoms with Gasteiger partial charge in [0, 0.05) is 13.2 Å². The summed E-state index contributed by atoms with van der Waals surface area (Å²) >= 11 is 0. The molecule has 0 amide bonds. The Morgan fingerprint density at radius 3 is 2.75 bits per heavy atom. The van der Waals surface area contributed by atoms with Gasteiger partial charge < -0.3 is 14.8 Å². The summed E-state index contributed by atoms with van der Waals surface area (Å²) in [5, 5.41) is 3.65. The number of aryl methyl sites for hydroxylation is 1. The highest BCUT2D eigenvalue weighted by atomic mass is 16.5. The van der Waals surface area contributed by atoms with Crippen LogP contribution in [0.1, 0.15) is 38.7 Å². The van der Waals surface area contributed by atoms with Crippen LogP contribution in [0.15, 0.2) is 18.2 Å². The summed E-state index contributed by atoms with van der Waals surface area (Å²) < 4.78 is 10.9. The zero-order valence-corrected chi connectivity index (χ0v) is 13.2. The summed E-state index contributed by atoms with van der Waals surface area (Å²) in [5.41, 5.74) is 2.78. The van der Waals surface area contributed by atoms with Gasteiger partial charge in [-0.2, -0.15) is 0 Å². The van der Waals surface area contributed by atoms with Gasteiger partial charge in [-0.15, -0.1) is 0 Å². The molecule has 112 valence electrons. The summed E-state index contributed by atoms with van der Waals surface area (Å²) in [7, 11) is 1.69. The fourth-order valence-electron chi connectivity index (χ4n) is 2.88. The maximum absolute atomic E-state index is 5.83. The molecule has 0 aromatic heterocycles. The molecule has 0 heterocycles. The third kappa shape index (κ3) is 4.14. The lowest BCUT2D eigenvalue weighted by Crippen LogP contribution is -2.18. The Hall–Kier alpha value is -1.22. The van der Waals surface area contributed by atoms with Crippen molar-refractivity contribution in [2.24, 2.45) is 5.41 Å². The molecule has 20 heavy (non-hydrogen) atoms. The van der Waals surface area contributed by atoms with Crippen LogP contribution in [0.5, 0.6) is 5.75 Å². The van der Waals surface area contributed by atoms with Gasteiger partial charge in [0.25, 0.3) is 0 Å². The molecule has 1 fully saturated rings. The minimum absolute atomic E-state index is 0.458. The number of hydrogen-bond donors (Lipinski definition) is 1. The van der Waals surface area contributed by atoms with Crippen molar-refractivity contribution in [3.63, 3.8) is 0 Å². The second-order valence-electron chi connectivity index (χ2n) is 6.59. The quantitative estimate of drug-likeness (QED) is 0.797. The number of rotatable bonds is 6. The molecule has 1 saturated carbocycles. The van der Waals surface area contributed by atoms with E-state index in [0.29, 0.717) is 24.7 Å². The SMILES string of the molecule is COCCOc1cc(C)ccc1NC1CCC(C)(C)C1. The maximum Gasteiger partial charge on any atom is 0.142 e. The first-order valence-electron chi connectivity index (χ1n) is 7.49. The third-order valence-electron chi connectivity index (χ3n) is 4.01. The van der Waals surface area contributed by atoms with Gasteiger partial charge in [0.2, 0.25) is 0 Å². The molecule has 0 radical (unpaired) electrons. The van der Waals surface area contributed by atoms with Gasteiger partial charge in [0.05, 0.1) is 12.3 Å². The number of ether oxygens (including phenoxy) is 2. The van der Waals surface area contributed by atoms with Gasteiger partial charge >= 0.3 is 0 Å². The van der Waals surface area contributed by atoms with Crippen molar-refractivity contribution < 1.29 is 9.47 Å². The lowest BCUT2D eigenvalue weighted by molar-refractivity contribution is 0.146. The zero-order valence-electron chi connectivity index (χ0n) is 13.2.